The van der Waals surface area contributed by atoms with E-state index in [1.165, 1.54) is 38.5 Å². The summed E-state index contributed by atoms with van der Waals surface area (Å²) in [4.78, 5) is 23.8. The van der Waals surface area contributed by atoms with Crippen LogP contribution >= 0.6 is 0 Å². The lowest BCUT2D eigenvalue weighted by Crippen LogP contribution is -2.25. The van der Waals surface area contributed by atoms with Gasteiger partial charge in [-0.25, -0.2) is 0 Å². The topological polar surface area (TPSA) is 113 Å². The summed E-state index contributed by atoms with van der Waals surface area (Å²) < 4.78 is 10.2. The largest absolute Gasteiger partial charge is 0.463 e. The highest BCUT2D eigenvalue weighted by atomic mass is 16.6. The number of unbranched alkanes of at least 4 members (excludes halogenated alkanes) is 8. The summed E-state index contributed by atoms with van der Waals surface area (Å²) in [5.74, 6) is 0.0385. The molecule has 0 aromatic heterocycles. The van der Waals surface area contributed by atoms with E-state index in [-0.39, 0.29) is 25.6 Å². The maximum absolute atomic E-state index is 11.9. The van der Waals surface area contributed by atoms with Gasteiger partial charge in [-0.2, -0.15) is 0 Å². The number of aliphatic hydroxyl groups excluding tert-OH is 3. The van der Waals surface area contributed by atoms with Crippen molar-refractivity contribution in [2.75, 3.05) is 13.2 Å². The molecular weight excluding hydrogens is 580 g/mol. The highest BCUT2D eigenvalue weighted by Gasteiger charge is 2.12. The van der Waals surface area contributed by atoms with E-state index >= 15 is 0 Å². The van der Waals surface area contributed by atoms with Crippen molar-refractivity contribution in [1.82, 2.24) is 0 Å². The normalized spacial score (nSPS) is 14.6. The fourth-order valence-corrected chi connectivity index (χ4v) is 4.36. The molecule has 0 radical (unpaired) electrons. The number of carbonyl (C=O) groups is 2. The molecule has 262 valence electrons. The molecule has 0 aliphatic heterocycles. The van der Waals surface area contributed by atoms with Crippen molar-refractivity contribution in [3.8, 4) is 0 Å². The van der Waals surface area contributed by atoms with E-state index in [9.17, 15) is 24.9 Å². The molecule has 3 atom stereocenters. The van der Waals surface area contributed by atoms with Crippen LogP contribution in [0.4, 0.5) is 0 Å². The van der Waals surface area contributed by atoms with E-state index < -0.39 is 24.3 Å². The number of carbonyl (C=O) groups excluding carboxylic acids is 2. The van der Waals surface area contributed by atoms with Crippen LogP contribution in [0.25, 0.3) is 0 Å². The Morgan fingerprint density at radius 3 is 1.80 bits per heavy atom. The fourth-order valence-electron chi connectivity index (χ4n) is 4.36. The summed E-state index contributed by atoms with van der Waals surface area (Å²) in [6.45, 7) is 6.21. The lowest BCUT2D eigenvalue weighted by Gasteiger charge is -2.12. The first-order valence-electron chi connectivity index (χ1n) is 17.6. The van der Waals surface area contributed by atoms with Crippen LogP contribution in [-0.4, -0.2) is 58.8 Å². The molecule has 7 heteroatoms. The third kappa shape index (κ3) is 32.6. The number of aliphatic hydroxyl groups is 3. The number of hydrogen-bond acceptors (Lipinski definition) is 7. The summed E-state index contributed by atoms with van der Waals surface area (Å²) in [6, 6.07) is 0. The van der Waals surface area contributed by atoms with Crippen molar-refractivity contribution in [3.05, 3.63) is 72.9 Å². The van der Waals surface area contributed by atoms with Crippen LogP contribution in [0.15, 0.2) is 72.9 Å². The van der Waals surface area contributed by atoms with Crippen LogP contribution in [0, 0.1) is 5.92 Å². The van der Waals surface area contributed by atoms with Gasteiger partial charge in [-0.05, 0) is 44.4 Å². The number of allylic oxidation sites excluding steroid dienone is 8. The second-order valence-corrected chi connectivity index (χ2v) is 12.1. The number of hydrogen-bond donors (Lipinski definition) is 3. The molecule has 0 spiro atoms. The van der Waals surface area contributed by atoms with Gasteiger partial charge in [0.25, 0.3) is 0 Å². The van der Waals surface area contributed by atoms with Crippen LogP contribution in [0.3, 0.4) is 0 Å². The van der Waals surface area contributed by atoms with Crippen molar-refractivity contribution in [2.24, 2.45) is 5.92 Å². The Labute approximate surface area is 279 Å². The van der Waals surface area contributed by atoms with Gasteiger partial charge in [0, 0.05) is 12.8 Å². The maximum atomic E-state index is 11.9. The van der Waals surface area contributed by atoms with Gasteiger partial charge in [0.15, 0.2) is 0 Å². The van der Waals surface area contributed by atoms with E-state index in [0.29, 0.717) is 25.7 Å². The van der Waals surface area contributed by atoms with Crippen LogP contribution in [-0.2, 0) is 19.1 Å². The Morgan fingerprint density at radius 1 is 0.630 bits per heavy atom. The molecule has 0 aromatic rings. The van der Waals surface area contributed by atoms with Crippen molar-refractivity contribution in [2.45, 2.75) is 142 Å². The number of rotatable bonds is 29. The maximum Gasteiger partial charge on any atom is 0.305 e. The predicted octanol–water partition coefficient (Wildman–Crippen LogP) is 8.41. The van der Waals surface area contributed by atoms with Gasteiger partial charge in [0.05, 0.1) is 12.2 Å². The average molecular weight is 645 g/mol. The quantitative estimate of drug-likeness (QED) is 0.0324. The molecule has 0 saturated carbocycles. The highest BCUT2D eigenvalue weighted by molar-refractivity contribution is 5.69. The average Bonchev–Trinajstić information content (AvgIpc) is 3.02. The minimum absolute atomic E-state index is 0.178. The van der Waals surface area contributed by atoms with Crippen molar-refractivity contribution < 1.29 is 34.4 Å². The molecule has 0 unspecified atom stereocenters. The minimum Gasteiger partial charge on any atom is -0.463 e. The monoisotopic (exact) mass is 644 g/mol. The van der Waals surface area contributed by atoms with E-state index in [2.05, 4.69) is 20.8 Å². The van der Waals surface area contributed by atoms with Gasteiger partial charge >= 0.3 is 11.9 Å². The van der Waals surface area contributed by atoms with Crippen molar-refractivity contribution >= 4 is 11.9 Å². The Bertz CT molecular complexity index is 913. The van der Waals surface area contributed by atoms with Crippen LogP contribution < -0.4 is 0 Å². The lowest BCUT2D eigenvalue weighted by molar-refractivity contribution is -0.152. The van der Waals surface area contributed by atoms with E-state index in [4.69, 9.17) is 9.47 Å². The van der Waals surface area contributed by atoms with E-state index in [1.807, 2.05) is 48.6 Å². The van der Waals surface area contributed by atoms with Crippen LogP contribution in [0.2, 0.25) is 0 Å². The number of ether oxygens (including phenoxy) is 2. The molecule has 0 fully saturated rings. The summed E-state index contributed by atoms with van der Waals surface area (Å²) in [6.07, 6.45) is 34.7. The predicted molar refractivity (Wildman–Crippen MR) is 189 cm³/mol. The van der Waals surface area contributed by atoms with Gasteiger partial charge in [-0.3, -0.25) is 9.59 Å². The van der Waals surface area contributed by atoms with Gasteiger partial charge < -0.3 is 24.8 Å². The van der Waals surface area contributed by atoms with Gasteiger partial charge in [-0.1, -0.05) is 145 Å². The Balaban J connectivity index is 3.80. The first kappa shape index (κ1) is 43.3. The SMILES string of the molecule is CC/C=C\C[C@@H](O)/C=C/C=C\C/C=C\C=C\[C@@H](O)/C=C\CCCC(=O)OC[C@H](O)COC(=O)CCCCCCCCCCC(C)C. The van der Waals surface area contributed by atoms with Crippen molar-refractivity contribution in [1.29, 1.82) is 0 Å². The Hall–Kier alpha value is -2.74. The third-order valence-corrected chi connectivity index (χ3v) is 7.06. The minimum atomic E-state index is -1.04. The molecular formula is C39H64O7. The fraction of sp³-hybridized carbons (Fsp3) is 0.641. The Morgan fingerprint density at radius 2 is 1.20 bits per heavy atom. The molecule has 0 aromatic carbocycles. The van der Waals surface area contributed by atoms with Gasteiger partial charge in [-0.15, -0.1) is 0 Å². The molecule has 0 heterocycles. The highest BCUT2D eigenvalue weighted by Crippen LogP contribution is 2.13. The molecule has 3 N–H and O–H groups in total. The molecule has 0 saturated heterocycles. The lowest BCUT2D eigenvalue weighted by atomic mass is 10.0. The Kier molecular flexibility index (Phi) is 30.3. The van der Waals surface area contributed by atoms with Crippen molar-refractivity contribution in [3.63, 3.8) is 0 Å². The third-order valence-electron chi connectivity index (χ3n) is 7.06. The molecule has 0 aliphatic carbocycles. The van der Waals surface area contributed by atoms with Crippen LogP contribution in [0.5, 0.6) is 0 Å². The standard InChI is InChI=1S/C39H64O7/c1-4-5-18-26-35(40)27-20-14-10-8-11-15-21-28-36(41)29-22-17-24-31-39(44)46-33-37(42)32-45-38(43)30-23-16-12-7-6-9-13-19-25-34(2)3/h5,10-11,14-15,18,20-22,27-29,34-37,40-42H,4,6-9,12-13,16-17,19,23-26,30-33H2,1-3H3/b14-10-,15-11-,18-5-,27-20+,28-21+,29-22-/t35-,36-,37-/m1/s1. The molecule has 46 heavy (non-hydrogen) atoms. The molecule has 0 rings (SSSR count). The zero-order valence-electron chi connectivity index (χ0n) is 28.9. The second-order valence-electron chi connectivity index (χ2n) is 12.1. The van der Waals surface area contributed by atoms with Crippen LogP contribution in [0.1, 0.15) is 124 Å². The van der Waals surface area contributed by atoms with E-state index in [1.54, 1.807) is 24.3 Å². The second kappa shape index (κ2) is 32.2. The van der Waals surface area contributed by atoms with Gasteiger partial charge in [0.1, 0.15) is 19.3 Å². The zero-order valence-corrected chi connectivity index (χ0v) is 28.9. The summed E-state index contributed by atoms with van der Waals surface area (Å²) >= 11 is 0. The molecule has 0 bridgehead atoms. The summed E-state index contributed by atoms with van der Waals surface area (Å²) in [7, 11) is 0. The molecule has 0 amide bonds. The first-order valence-corrected chi connectivity index (χ1v) is 17.6. The molecule has 0 aliphatic rings. The first-order chi connectivity index (χ1) is 22.2. The van der Waals surface area contributed by atoms with Gasteiger partial charge in [0.2, 0.25) is 0 Å². The smallest absolute Gasteiger partial charge is 0.305 e. The summed E-state index contributed by atoms with van der Waals surface area (Å²) in [5.41, 5.74) is 0. The van der Waals surface area contributed by atoms with E-state index in [0.717, 1.165) is 38.0 Å². The molecule has 7 nitrogen and oxygen atoms in total. The zero-order chi connectivity index (χ0) is 34.1. The number of esters is 2. The summed E-state index contributed by atoms with van der Waals surface area (Å²) in [5, 5.41) is 29.7.